The van der Waals surface area contributed by atoms with Crippen molar-refractivity contribution in [3.8, 4) is 11.5 Å². The number of aryl methyl sites for hydroxylation is 1. The lowest BCUT2D eigenvalue weighted by molar-refractivity contribution is 0.0789. The Morgan fingerprint density at radius 3 is 2.95 bits per heavy atom. The molecule has 0 spiro atoms. The molecular weight excluding hydrogens is 302 g/mol. The quantitative estimate of drug-likeness (QED) is 0.902. The first kappa shape index (κ1) is 14.6. The average Bonchev–Trinajstić information content (AvgIpc) is 2.93. The SMILES string of the molecule is CNc1snc(C)c1C(=O)NC[C@H]1COc2ccccc2O1. The number of aromatic nitrogens is 1. The number of nitrogens with zero attached hydrogens (tertiary/aromatic N) is 1. The number of fused-ring (bicyclic) bond motifs is 1. The predicted molar refractivity (Wildman–Crippen MR) is 85.1 cm³/mol. The Bertz CT molecular complexity index is 686. The van der Waals surface area contributed by atoms with Crippen molar-refractivity contribution in [2.45, 2.75) is 13.0 Å². The number of benzene rings is 1. The first-order chi connectivity index (χ1) is 10.7. The first-order valence-corrected chi connectivity index (χ1v) is 7.77. The molecule has 2 aromatic rings. The zero-order chi connectivity index (χ0) is 15.5. The molecule has 7 heteroatoms. The van der Waals surface area contributed by atoms with Crippen molar-refractivity contribution < 1.29 is 14.3 Å². The second-order valence-electron chi connectivity index (χ2n) is 4.93. The molecule has 0 aliphatic carbocycles. The molecule has 1 aliphatic heterocycles. The van der Waals surface area contributed by atoms with Crippen molar-refractivity contribution in [2.24, 2.45) is 0 Å². The minimum Gasteiger partial charge on any atom is -0.486 e. The molecule has 3 rings (SSSR count). The van der Waals surface area contributed by atoms with Gasteiger partial charge in [0, 0.05) is 7.05 Å². The Balaban J connectivity index is 1.62. The smallest absolute Gasteiger partial charge is 0.256 e. The summed E-state index contributed by atoms with van der Waals surface area (Å²) in [5.41, 5.74) is 1.31. The number of nitrogens with one attached hydrogen (secondary N) is 2. The Hall–Kier alpha value is -2.28. The Kier molecular flexibility index (Phi) is 4.15. The Morgan fingerprint density at radius 1 is 1.41 bits per heavy atom. The highest BCUT2D eigenvalue weighted by Gasteiger charge is 2.23. The van der Waals surface area contributed by atoms with E-state index in [1.807, 2.05) is 31.2 Å². The van der Waals surface area contributed by atoms with Crippen LogP contribution in [0.1, 0.15) is 16.1 Å². The van der Waals surface area contributed by atoms with Crippen molar-refractivity contribution in [2.75, 3.05) is 25.5 Å². The monoisotopic (exact) mass is 319 g/mol. The van der Waals surface area contributed by atoms with Gasteiger partial charge in [0.2, 0.25) is 0 Å². The lowest BCUT2D eigenvalue weighted by atomic mass is 10.2. The van der Waals surface area contributed by atoms with Crippen LogP contribution < -0.4 is 20.1 Å². The molecule has 22 heavy (non-hydrogen) atoms. The molecule has 1 aromatic carbocycles. The van der Waals surface area contributed by atoms with Crippen molar-refractivity contribution in [1.82, 2.24) is 9.69 Å². The predicted octanol–water partition coefficient (Wildman–Crippen LogP) is 2.06. The van der Waals surface area contributed by atoms with Crippen molar-refractivity contribution in [3.05, 3.63) is 35.5 Å². The molecule has 0 saturated carbocycles. The van der Waals surface area contributed by atoms with E-state index >= 15 is 0 Å². The molecule has 0 unspecified atom stereocenters. The van der Waals surface area contributed by atoms with Gasteiger partial charge in [-0.25, -0.2) is 0 Å². The van der Waals surface area contributed by atoms with Crippen LogP contribution >= 0.6 is 11.5 Å². The minimum atomic E-state index is -0.205. The maximum Gasteiger partial charge on any atom is 0.256 e. The van der Waals surface area contributed by atoms with Gasteiger partial charge in [0.15, 0.2) is 11.5 Å². The molecule has 1 aromatic heterocycles. The molecular formula is C15H17N3O3S. The highest BCUT2D eigenvalue weighted by atomic mass is 32.1. The summed E-state index contributed by atoms with van der Waals surface area (Å²) in [6.07, 6.45) is -0.205. The molecule has 1 atom stereocenters. The summed E-state index contributed by atoms with van der Waals surface area (Å²) in [5.74, 6) is 1.29. The standard InChI is InChI=1S/C15H17N3O3S/c1-9-13(15(16-2)22-18-9)14(19)17-7-10-8-20-11-5-3-4-6-12(11)21-10/h3-6,10,16H,7-8H2,1-2H3,(H,17,19)/t10-/m0/s1. The van der Waals surface area contributed by atoms with Crippen molar-refractivity contribution in [3.63, 3.8) is 0 Å². The molecule has 1 amide bonds. The van der Waals surface area contributed by atoms with Crippen molar-refractivity contribution >= 4 is 22.4 Å². The number of para-hydroxylation sites is 2. The molecule has 2 heterocycles. The van der Waals surface area contributed by atoms with E-state index < -0.39 is 0 Å². The van der Waals surface area contributed by atoms with Crippen LogP contribution in [0.15, 0.2) is 24.3 Å². The second-order valence-corrected chi connectivity index (χ2v) is 5.70. The van der Waals surface area contributed by atoms with Gasteiger partial charge in [0.1, 0.15) is 17.7 Å². The highest BCUT2D eigenvalue weighted by Crippen LogP contribution is 2.30. The lowest BCUT2D eigenvalue weighted by Crippen LogP contribution is -2.40. The zero-order valence-electron chi connectivity index (χ0n) is 12.4. The van der Waals surface area contributed by atoms with E-state index in [9.17, 15) is 4.79 Å². The molecule has 1 aliphatic rings. The van der Waals surface area contributed by atoms with Crippen LogP contribution in [-0.4, -0.2) is 36.6 Å². The maximum absolute atomic E-state index is 12.3. The second kappa shape index (κ2) is 6.23. The molecule has 0 saturated heterocycles. The van der Waals surface area contributed by atoms with Gasteiger partial charge < -0.3 is 20.1 Å². The zero-order valence-corrected chi connectivity index (χ0v) is 13.2. The normalized spacial score (nSPS) is 16.2. The van der Waals surface area contributed by atoms with Gasteiger partial charge >= 0.3 is 0 Å². The highest BCUT2D eigenvalue weighted by molar-refractivity contribution is 7.10. The first-order valence-electron chi connectivity index (χ1n) is 6.99. The summed E-state index contributed by atoms with van der Waals surface area (Å²) in [6, 6.07) is 7.51. The summed E-state index contributed by atoms with van der Waals surface area (Å²) in [6.45, 7) is 2.62. The summed E-state index contributed by atoms with van der Waals surface area (Å²) in [4.78, 5) is 12.3. The largest absolute Gasteiger partial charge is 0.486 e. The lowest BCUT2D eigenvalue weighted by Gasteiger charge is -2.26. The van der Waals surface area contributed by atoms with Crippen LogP contribution in [0.4, 0.5) is 5.00 Å². The summed E-state index contributed by atoms with van der Waals surface area (Å²) < 4.78 is 15.6. The van der Waals surface area contributed by atoms with Crippen molar-refractivity contribution in [1.29, 1.82) is 0 Å². The van der Waals surface area contributed by atoms with E-state index in [1.54, 1.807) is 7.05 Å². The summed E-state index contributed by atoms with van der Waals surface area (Å²) in [5, 5.41) is 6.64. The molecule has 0 radical (unpaired) electrons. The van der Waals surface area contributed by atoms with Crippen LogP contribution in [-0.2, 0) is 0 Å². The van der Waals surface area contributed by atoms with Crippen LogP contribution in [0.2, 0.25) is 0 Å². The van der Waals surface area contributed by atoms with Gasteiger partial charge in [-0.1, -0.05) is 12.1 Å². The minimum absolute atomic E-state index is 0.155. The number of hydrogen-bond donors (Lipinski definition) is 2. The molecule has 116 valence electrons. The summed E-state index contributed by atoms with van der Waals surface area (Å²) >= 11 is 1.28. The number of carbonyl (C=O) groups is 1. The number of ether oxygens (including phenoxy) is 2. The van der Waals surface area contributed by atoms with Gasteiger partial charge in [-0.2, -0.15) is 4.37 Å². The van der Waals surface area contributed by atoms with Crippen LogP contribution in [0.25, 0.3) is 0 Å². The number of amides is 1. The van der Waals surface area contributed by atoms with Crippen LogP contribution in [0.5, 0.6) is 11.5 Å². The number of rotatable bonds is 4. The molecule has 0 bridgehead atoms. The van der Waals surface area contributed by atoms with Gasteiger partial charge in [0.25, 0.3) is 5.91 Å². The third-order valence-electron chi connectivity index (χ3n) is 3.37. The fourth-order valence-electron chi connectivity index (χ4n) is 2.27. The maximum atomic E-state index is 12.3. The van der Waals surface area contributed by atoms with E-state index in [2.05, 4.69) is 15.0 Å². The Labute approximate surface area is 132 Å². The average molecular weight is 319 g/mol. The van der Waals surface area contributed by atoms with E-state index in [0.29, 0.717) is 24.5 Å². The Morgan fingerprint density at radius 2 is 2.18 bits per heavy atom. The molecule has 2 N–H and O–H groups in total. The van der Waals surface area contributed by atoms with Crippen LogP contribution in [0, 0.1) is 6.92 Å². The number of carbonyl (C=O) groups excluding carboxylic acids is 1. The summed E-state index contributed by atoms with van der Waals surface area (Å²) in [7, 11) is 1.78. The number of hydrogen-bond acceptors (Lipinski definition) is 6. The topological polar surface area (TPSA) is 72.5 Å². The van der Waals surface area contributed by atoms with Gasteiger partial charge in [-0.05, 0) is 30.6 Å². The van der Waals surface area contributed by atoms with Crippen LogP contribution in [0.3, 0.4) is 0 Å². The van der Waals surface area contributed by atoms with E-state index in [-0.39, 0.29) is 12.0 Å². The fraction of sp³-hybridized carbons (Fsp3) is 0.333. The fourth-order valence-corrected chi connectivity index (χ4v) is 3.01. The number of anilines is 1. The van der Waals surface area contributed by atoms with E-state index in [0.717, 1.165) is 16.4 Å². The van der Waals surface area contributed by atoms with E-state index in [1.165, 1.54) is 11.5 Å². The van der Waals surface area contributed by atoms with Gasteiger partial charge in [-0.3, -0.25) is 4.79 Å². The third-order valence-corrected chi connectivity index (χ3v) is 4.33. The van der Waals surface area contributed by atoms with Gasteiger partial charge in [-0.15, -0.1) is 0 Å². The third kappa shape index (κ3) is 2.85. The molecule has 6 nitrogen and oxygen atoms in total. The van der Waals surface area contributed by atoms with E-state index in [4.69, 9.17) is 9.47 Å². The van der Waals surface area contributed by atoms with Gasteiger partial charge in [0.05, 0.1) is 17.8 Å². The molecule has 0 fully saturated rings.